The molecule has 0 aromatic carbocycles. The third-order valence-corrected chi connectivity index (χ3v) is 1.52. The van der Waals surface area contributed by atoms with Gasteiger partial charge in [-0.25, -0.2) is 4.79 Å². The normalized spacial score (nSPS) is 16.5. The minimum Gasteiger partial charge on any atom is -0.478 e. The predicted octanol–water partition coefficient (Wildman–Crippen LogP) is 1.70. The van der Waals surface area contributed by atoms with Gasteiger partial charge in [0.2, 0.25) is 0 Å². The second-order valence-electron chi connectivity index (χ2n) is 2.59. The fourth-order valence-electron chi connectivity index (χ4n) is 0.911. The molecule has 0 atom stereocenters. The molecule has 0 fully saturated rings. The summed E-state index contributed by atoms with van der Waals surface area (Å²) in [6.45, 7) is 3.68. The van der Waals surface area contributed by atoms with Crippen LogP contribution in [0.4, 0.5) is 0 Å². The van der Waals surface area contributed by atoms with Gasteiger partial charge in [0.1, 0.15) is 0 Å². The fourth-order valence-corrected chi connectivity index (χ4v) is 0.911. The summed E-state index contributed by atoms with van der Waals surface area (Å²) in [5.41, 5.74) is 1.63. The maximum atomic E-state index is 10.2. The van der Waals surface area contributed by atoms with Crippen molar-refractivity contribution in [2.75, 3.05) is 0 Å². The molecule has 13 heavy (non-hydrogen) atoms. The summed E-state index contributed by atoms with van der Waals surface area (Å²) in [6.07, 6.45) is 7.36. The molecule has 0 spiro atoms. The molecule has 0 unspecified atom stereocenters. The predicted molar refractivity (Wildman–Crippen MR) is 50.9 cm³/mol. The fraction of sp³-hybridized carbons (Fsp3) is 0. The van der Waals surface area contributed by atoms with Crippen LogP contribution in [-0.4, -0.2) is 16.8 Å². The first-order chi connectivity index (χ1) is 6.09. The van der Waals surface area contributed by atoms with E-state index in [-0.39, 0.29) is 0 Å². The number of rotatable bonds is 2. The molecule has 0 aromatic rings. The van der Waals surface area contributed by atoms with Gasteiger partial charge in [-0.1, -0.05) is 12.7 Å². The van der Waals surface area contributed by atoms with Crippen LogP contribution in [0.15, 0.2) is 48.1 Å². The Morgan fingerprint density at radius 2 is 2.23 bits per heavy atom. The zero-order valence-electron chi connectivity index (χ0n) is 6.95. The van der Waals surface area contributed by atoms with Gasteiger partial charge >= 0.3 is 5.97 Å². The molecule has 0 saturated carbocycles. The van der Waals surface area contributed by atoms with Crippen LogP contribution in [0, 0.1) is 5.41 Å². The van der Waals surface area contributed by atoms with E-state index in [0.29, 0.717) is 11.3 Å². The van der Waals surface area contributed by atoms with Crippen molar-refractivity contribution in [2.24, 2.45) is 0 Å². The Morgan fingerprint density at radius 3 is 2.85 bits per heavy atom. The third kappa shape index (κ3) is 2.56. The van der Waals surface area contributed by atoms with E-state index < -0.39 is 5.97 Å². The Bertz CT molecular complexity index is 359. The molecular formula is C10H9NO2. The van der Waals surface area contributed by atoms with Crippen molar-refractivity contribution in [1.29, 1.82) is 5.41 Å². The van der Waals surface area contributed by atoms with Crippen LogP contribution in [0.3, 0.4) is 0 Å². The van der Waals surface area contributed by atoms with Crippen molar-refractivity contribution < 1.29 is 9.90 Å². The summed E-state index contributed by atoms with van der Waals surface area (Å²) < 4.78 is 0. The number of aliphatic carboxylic acids is 1. The zero-order chi connectivity index (χ0) is 9.84. The van der Waals surface area contributed by atoms with E-state index in [1.54, 1.807) is 18.2 Å². The van der Waals surface area contributed by atoms with Gasteiger partial charge < -0.3 is 10.5 Å². The Labute approximate surface area is 75.9 Å². The van der Waals surface area contributed by atoms with Gasteiger partial charge in [-0.15, -0.1) is 0 Å². The molecule has 1 aliphatic carbocycles. The highest BCUT2D eigenvalue weighted by Crippen LogP contribution is 2.12. The molecule has 0 amide bonds. The van der Waals surface area contributed by atoms with Crippen LogP contribution in [0.2, 0.25) is 0 Å². The molecule has 66 valence electrons. The summed E-state index contributed by atoms with van der Waals surface area (Å²) in [5, 5.41) is 15.8. The van der Waals surface area contributed by atoms with Crippen molar-refractivity contribution in [3.8, 4) is 0 Å². The van der Waals surface area contributed by atoms with Crippen LogP contribution in [0.5, 0.6) is 0 Å². The third-order valence-electron chi connectivity index (χ3n) is 1.52. The number of carbonyl (C=O) groups is 1. The summed E-state index contributed by atoms with van der Waals surface area (Å²) in [6, 6.07) is 0. The standard InChI is InChI=1S/C10H9NO2/c1-7-2-4-9(11)8(6-7)3-5-10(12)13/h2-6,11H,1H2,(H,12,13)/b5-3+,11-9?. The van der Waals surface area contributed by atoms with Crippen LogP contribution in [0.1, 0.15) is 0 Å². The second kappa shape index (κ2) is 3.67. The molecule has 0 heterocycles. The number of carboxylic acid groups (broad SMARTS) is 1. The lowest BCUT2D eigenvalue weighted by Crippen LogP contribution is -2.00. The van der Waals surface area contributed by atoms with E-state index in [0.717, 1.165) is 11.6 Å². The van der Waals surface area contributed by atoms with Crippen molar-refractivity contribution in [1.82, 2.24) is 0 Å². The first-order valence-corrected chi connectivity index (χ1v) is 3.68. The highest BCUT2D eigenvalue weighted by molar-refractivity contribution is 6.10. The first-order valence-electron chi connectivity index (χ1n) is 3.68. The molecule has 3 heteroatoms. The highest BCUT2D eigenvalue weighted by Gasteiger charge is 2.03. The number of allylic oxidation sites excluding steroid dienone is 6. The lowest BCUT2D eigenvalue weighted by molar-refractivity contribution is -0.131. The van der Waals surface area contributed by atoms with Gasteiger partial charge in [-0.05, 0) is 23.8 Å². The maximum absolute atomic E-state index is 10.2. The summed E-state index contributed by atoms with van der Waals surface area (Å²) in [7, 11) is 0. The van der Waals surface area contributed by atoms with Crippen LogP contribution < -0.4 is 0 Å². The molecule has 1 aliphatic rings. The molecular weight excluding hydrogens is 166 g/mol. The van der Waals surface area contributed by atoms with E-state index in [1.807, 2.05) is 0 Å². The topological polar surface area (TPSA) is 61.2 Å². The van der Waals surface area contributed by atoms with E-state index in [2.05, 4.69) is 6.58 Å². The molecule has 0 aromatic heterocycles. The SMILES string of the molecule is C=C1C=CC(=N)C(/C=C/C(=O)O)=C1. The quantitative estimate of drug-likeness (QED) is 0.627. The minimum atomic E-state index is -1.02. The molecule has 3 nitrogen and oxygen atoms in total. The molecule has 1 rings (SSSR count). The molecule has 2 N–H and O–H groups in total. The Hall–Kier alpha value is -1.90. The monoisotopic (exact) mass is 175 g/mol. The Morgan fingerprint density at radius 1 is 1.54 bits per heavy atom. The number of carboxylic acids is 1. The van der Waals surface area contributed by atoms with E-state index in [1.165, 1.54) is 6.08 Å². The Balaban J connectivity index is 2.86. The molecule has 0 bridgehead atoms. The van der Waals surface area contributed by atoms with Crippen molar-refractivity contribution in [3.05, 3.63) is 48.1 Å². The van der Waals surface area contributed by atoms with Crippen molar-refractivity contribution in [2.45, 2.75) is 0 Å². The molecule has 0 saturated heterocycles. The Kier molecular flexibility index (Phi) is 2.59. The average Bonchev–Trinajstić information content (AvgIpc) is 2.06. The van der Waals surface area contributed by atoms with Crippen molar-refractivity contribution >= 4 is 11.7 Å². The van der Waals surface area contributed by atoms with Crippen LogP contribution in [-0.2, 0) is 4.79 Å². The van der Waals surface area contributed by atoms with Gasteiger partial charge in [0, 0.05) is 11.6 Å². The lowest BCUT2D eigenvalue weighted by atomic mass is 10.0. The van der Waals surface area contributed by atoms with Gasteiger partial charge in [0.15, 0.2) is 0 Å². The van der Waals surface area contributed by atoms with Gasteiger partial charge in [0.25, 0.3) is 0 Å². The van der Waals surface area contributed by atoms with Gasteiger partial charge in [-0.3, -0.25) is 0 Å². The molecule has 0 radical (unpaired) electrons. The lowest BCUT2D eigenvalue weighted by Gasteiger charge is -2.05. The van der Waals surface area contributed by atoms with Crippen molar-refractivity contribution in [3.63, 3.8) is 0 Å². The van der Waals surface area contributed by atoms with Crippen LogP contribution in [0.25, 0.3) is 0 Å². The number of hydrogen-bond donors (Lipinski definition) is 2. The molecule has 0 aliphatic heterocycles. The largest absolute Gasteiger partial charge is 0.478 e. The van der Waals surface area contributed by atoms with E-state index in [9.17, 15) is 4.79 Å². The van der Waals surface area contributed by atoms with E-state index >= 15 is 0 Å². The van der Waals surface area contributed by atoms with Gasteiger partial charge in [-0.2, -0.15) is 0 Å². The zero-order valence-corrected chi connectivity index (χ0v) is 6.95. The minimum absolute atomic E-state index is 0.296. The highest BCUT2D eigenvalue weighted by atomic mass is 16.4. The summed E-state index contributed by atoms with van der Waals surface area (Å²) in [5.74, 6) is -1.02. The van der Waals surface area contributed by atoms with Gasteiger partial charge in [0.05, 0.1) is 5.71 Å². The number of nitrogens with one attached hydrogen (secondary N) is 1. The second-order valence-corrected chi connectivity index (χ2v) is 2.59. The average molecular weight is 175 g/mol. The smallest absolute Gasteiger partial charge is 0.328 e. The maximum Gasteiger partial charge on any atom is 0.328 e. The van der Waals surface area contributed by atoms with Crippen LogP contribution >= 0.6 is 0 Å². The summed E-state index contributed by atoms with van der Waals surface area (Å²) >= 11 is 0. The van der Waals surface area contributed by atoms with E-state index in [4.69, 9.17) is 10.5 Å². The number of hydrogen-bond acceptors (Lipinski definition) is 2. The first kappa shape index (κ1) is 9.19. The summed E-state index contributed by atoms with van der Waals surface area (Å²) in [4.78, 5) is 10.2.